The van der Waals surface area contributed by atoms with Gasteiger partial charge in [0, 0.05) is 0 Å². The van der Waals surface area contributed by atoms with Crippen LogP contribution in [0, 0.1) is 11.8 Å². The number of hydrogen-bond donors (Lipinski definition) is 3. The Balaban J connectivity index is 2.28. The lowest BCUT2D eigenvalue weighted by Crippen LogP contribution is -2.68. The zero-order chi connectivity index (χ0) is 11.3. The third-order valence-electron chi connectivity index (χ3n) is 4.10. The third kappa shape index (κ3) is 1.32. The molecule has 1 fully saturated rings. The van der Waals surface area contributed by atoms with E-state index in [1.807, 2.05) is 19.9 Å². The highest BCUT2D eigenvalue weighted by Gasteiger charge is 2.53. The van der Waals surface area contributed by atoms with Crippen molar-refractivity contribution in [1.82, 2.24) is 5.32 Å². The largest absolute Gasteiger partial charge is 0.393 e. The van der Waals surface area contributed by atoms with Crippen LogP contribution in [0.1, 0.15) is 20.3 Å². The van der Waals surface area contributed by atoms with Gasteiger partial charge in [-0.1, -0.05) is 26.0 Å². The minimum Gasteiger partial charge on any atom is -0.393 e. The molecule has 1 aliphatic carbocycles. The summed E-state index contributed by atoms with van der Waals surface area (Å²) in [5.41, 5.74) is -1.44. The second-order valence-corrected chi connectivity index (χ2v) is 4.83. The smallest absolute Gasteiger partial charge is 0.223 e. The van der Waals surface area contributed by atoms with E-state index in [4.69, 9.17) is 5.11 Å². The van der Waals surface area contributed by atoms with Crippen LogP contribution in [0.15, 0.2) is 12.2 Å². The molecule has 1 amide bonds. The molecule has 1 aliphatic heterocycles. The van der Waals surface area contributed by atoms with Gasteiger partial charge < -0.3 is 15.5 Å². The van der Waals surface area contributed by atoms with E-state index in [1.165, 1.54) is 0 Å². The van der Waals surface area contributed by atoms with Gasteiger partial charge in [0.1, 0.15) is 5.60 Å². The highest BCUT2D eigenvalue weighted by atomic mass is 16.3. The number of amides is 1. The van der Waals surface area contributed by atoms with Crippen molar-refractivity contribution in [1.29, 1.82) is 0 Å². The summed E-state index contributed by atoms with van der Waals surface area (Å²) in [5.74, 6) is 0.0959. The Hall–Kier alpha value is -0.870. The minimum atomic E-state index is -1.15. The molecule has 15 heavy (non-hydrogen) atoms. The van der Waals surface area contributed by atoms with Crippen LogP contribution in [-0.4, -0.2) is 33.9 Å². The average Bonchev–Trinajstić information content (AvgIpc) is 2.18. The van der Waals surface area contributed by atoms with Gasteiger partial charge >= 0.3 is 0 Å². The molecule has 0 saturated carbocycles. The molecule has 4 heteroatoms. The van der Waals surface area contributed by atoms with E-state index in [1.54, 1.807) is 6.08 Å². The predicted molar refractivity (Wildman–Crippen MR) is 55.0 cm³/mol. The fraction of sp³-hybridized carbons (Fsp3) is 0.727. The van der Waals surface area contributed by atoms with Gasteiger partial charge in [-0.05, 0) is 11.8 Å². The molecule has 4 atom stereocenters. The first-order valence-electron chi connectivity index (χ1n) is 5.28. The molecule has 4 nitrogen and oxygen atoms in total. The quantitative estimate of drug-likeness (QED) is 0.416. The van der Waals surface area contributed by atoms with Crippen LogP contribution in [0.5, 0.6) is 0 Å². The van der Waals surface area contributed by atoms with Crippen LogP contribution < -0.4 is 5.32 Å². The molecule has 1 spiro atoms. The second kappa shape index (κ2) is 3.06. The normalized spacial score (nSPS) is 48.9. The van der Waals surface area contributed by atoms with Crippen molar-refractivity contribution in [3.05, 3.63) is 12.2 Å². The second-order valence-electron chi connectivity index (χ2n) is 4.83. The molecule has 3 unspecified atom stereocenters. The Morgan fingerprint density at radius 2 is 2.07 bits per heavy atom. The van der Waals surface area contributed by atoms with Crippen LogP contribution >= 0.6 is 0 Å². The number of carbonyl (C=O) groups is 1. The van der Waals surface area contributed by atoms with E-state index in [9.17, 15) is 9.90 Å². The highest BCUT2D eigenvalue weighted by molar-refractivity contribution is 5.86. The van der Waals surface area contributed by atoms with Gasteiger partial charge in [-0.3, -0.25) is 4.79 Å². The van der Waals surface area contributed by atoms with E-state index in [2.05, 4.69) is 5.32 Å². The van der Waals surface area contributed by atoms with Gasteiger partial charge in [-0.15, -0.1) is 0 Å². The fourth-order valence-corrected chi connectivity index (χ4v) is 2.55. The number of aliphatic hydroxyl groups is 2. The first-order valence-corrected chi connectivity index (χ1v) is 5.28. The van der Waals surface area contributed by atoms with E-state index in [0.29, 0.717) is 6.42 Å². The molecule has 1 heterocycles. The molecule has 0 aromatic rings. The lowest BCUT2D eigenvalue weighted by Gasteiger charge is -2.52. The molecule has 1 saturated heterocycles. The number of aliphatic hydroxyl groups excluding tert-OH is 1. The summed E-state index contributed by atoms with van der Waals surface area (Å²) in [6.45, 7) is 3.61. The highest BCUT2D eigenvalue weighted by Crippen LogP contribution is 2.43. The van der Waals surface area contributed by atoms with Crippen molar-refractivity contribution in [2.24, 2.45) is 11.8 Å². The molecule has 0 radical (unpaired) electrons. The van der Waals surface area contributed by atoms with Crippen LogP contribution in [0.2, 0.25) is 0 Å². The van der Waals surface area contributed by atoms with Crippen molar-refractivity contribution >= 4 is 5.91 Å². The average molecular weight is 211 g/mol. The van der Waals surface area contributed by atoms with Gasteiger partial charge in [0.25, 0.3) is 0 Å². The molecule has 0 bridgehead atoms. The molecule has 2 rings (SSSR count). The Labute approximate surface area is 89.0 Å². The van der Waals surface area contributed by atoms with E-state index < -0.39 is 5.60 Å². The summed E-state index contributed by atoms with van der Waals surface area (Å²) in [4.78, 5) is 11.0. The number of carbonyl (C=O) groups excluding carboxylic acids is 1. The van der Waals surface area contributed by atoms with Crippen LogP contribution in [0.3, 0.4) is 0 Å². The van der Waals surface area contributed by atoms with Crippen LogP contribution in [0.4, 0.5) is 0 Å². The molecule has 0 aromatic heterocycles. The summed E-state index contributed by atoms with van der Waals surface area (Å²) in [7, 11) is 0. The third-order valence-corrected chi connectivity index (χ3v) is 4.10. The SMILES string of the molecule is CC1C(C)[C@](O)(CO)C=CC12CC(=O)N2. The number of nitrogens with one attached hydrogen (secondary N) is 1. The van der Waals surface area contributed by atoms with Crippen LogP contribution in [-0.2, 0) is 4.79 Å². The molecule has 2 aliphatic rings. The van der Waals surface area contributed by atoms with Crippen LogP contribution in [0.25, 0.3) is 0 Å². The van der Waals surface area contributed by atoms with E-state index >= 15 is 0 Å². The Morgan fingerprint density at radius 3 is 2.53 bits per heavy atom. The lowest BCUT2D eigenvalue weighted by molar-refractivity contribution is -0.137. The molecular formula is C11H17NO3. The molecular weight excluding hydrogens is 194 g/mol. The maximum atomic E-state index is 11.0. The number of hydrogen-bond acceptors (Lipinski definition) is 3. The zero-order valence-corrected chi connectivity index (χ0v) is 9.03. The standard InChI is InChI=1S/C11H17NO3/c1-7-8(2)11(15,6-13)4-3-10(7)5-9(14)12-10/h3-4,7-8,13,15H,5-6H2,1-2H3,(H,12,14)/t7?,8?,10?,11-/m1/s1. The van der Waals surface area contributed by atoms with Crippen molar-refractivity contribution < 1.29 is 15.0 Å². The van der Waals surface area contributed by atoms with Gasteiger partial charge in [-0.2, -0.15) is 0 Å². The maximum Gasteiger partial charge on any atom is 0.223 e. The molecule has 84 valence electrons. The predicted octanol–water partition coefficient (Wildman–Crippen LogP) is -0.189. The Morgan fingerprint density at radius 1 is 1.47 bits per heavy atom. The van der Waals surface area contributed by atoms with E-state index in [0.717, 1.165) is 0 Å². The number of rotatable bonds is 1. The topological polar surface area (TPSA) is 69.6 Å². The summed E-state index contributed by atoms with van der Waals surface area (Å²) in [6, 6.07) is 0. The number of β-lactam (4-membered cyclic amide) rings is 1. The van der Waals surface area contributed by atoms with Crippen molar-refractivity contribution in [2.45, 2.75) is 31.4 Å². The molecule has 3 N–H and O–H groups in total. The van der Waals surface area contributed by atoms with Crippen molar-refractivity contribution in [3.63, 3.8) is 0 Å². The molecule has 0 aromatic carbocycles. The summed E-state index contributed by atoms with van der Waals surface area (Å²) in [6.07, 6.45) is 3.93. The van der Waals surface area contributed by atoms with E-state index in [-0.39, 0.29) is 29.9 Å². The van der Waals surface area contributed by atoms with Gasteiger partial charge in [-0.25, -0.2) is 0 Å². The lowest BCUT2D eigenvalue weighted by atomic mass is 9.62. The van der Waals surface area contributed by atoms with Gasteiger partial charge in [0.15, 0.2) is 0 Å². The minimum absolute atomic E-state index is 0.0492. The van der Waals surface area contributed by atoms with Gasteiger partial charge in [0.2, 0.25) is 5.91 Å². The van der Waals surface area contributed by atoms with Gasteiger partial charge in [0.05, 0.1) is 18.6 Å². The monoisotopic (exact) mass is 211 g/mol. The van der Waals surface area contributed by atoms with Crippen molar-refractivity contribution in [3.8, 4) is 0 Å². The summed E-state index contributed by atoms with van der Waals surface area (Å²) < 4.78 is 0. The first-order chi connectivity index (χ1) is 6.93. The Kier molecular flexibility index (Phi) is 2.17. The Bertz CT molecular complexity index is 318. The fourth-order valence-electron chi connectivity index (χ4n) is 2.55. The van der Waals surface area contributed by atoms with Crippen molar-refractivity contribution in [2.75, 3.05) is 6.61 Å². The first kappa shape index (κ1) is 10.6. The summed E-state index contributed by atoms with van der Waals surface area (Å²) >= 11 is 0. The summed E-state index contributed by atoms with van der Waals surface area (Å²) in [5, 5.41) is 22.1. The zero-order valence-electron chi connectivity index (χ0n) is 9.03. The maximum absolute atomic E-state index is 11.0.